The first-order chi connectivity index (χ1) is 12.0. The van der Waals surface area contributed by atoms with Crippen LogP contribution in [0.3, 0.4) is 0 Å². The predicted octanol–water partition coefficient (Wildman–Crippen LogP) is 2.94. The van der Waals surface area contributed by atoms with E-state index in [9.17, 15) is 9.59 Å². The van der Waals surface area contributed by atoms with Gasteiger partial charge in [0.2, 0.25) is 5.91 Å². The molecule has 1 atom stereocenters. The van der Waals surface area contributed by atoms with Gasteiger partial charge in [0.25, 0.3) is 5.91 Å². The number of amides is 2. The fourth-order valence-electron chi connectivity index (χ4n) is 2.66. The summed E-state index contributed by atoms with van der Waals surface area (Å²) in [6.07, 6.45) is 9.30. The topological polar surface area (TPSA) is 104 Å². The second-order valence-corrected chi connectivity index (χ2v) is 6.48. The van der Waals surface area contributed by atoms with Crippen molar-refractivity contribution in [3.63, 3.8) is 0 Å². The molecule has 0 heterocycles. The number of carbonyl (C=O) groups is 2. The Kier molecular flexibility index (Phi) is 10.3. The summed E-state index contributed by atoms with van der Waals surface area (Å²) < 4.78 is 0. The Labute approximate surface area is 150 Å². The molecule has 6 nitrogen and oxygen atoms in total. The number of unbranched alkanes of at least 4 members (excludes halogenated alkanes) is 6. The molecule has 0 aliphatic carbocycles. The Balaban J connectivity index is 1.94. The summed E-state index contributed by atoms with van der Waals surface area (Å²) in [5, 5.41) is 11.0. The van der Waals surface area contributed by atoms with E-state index in [1.54, 1.807) is 0 Å². The number of nitrogen functional groups attached to an aromatic ring is 1. The lowest BCUT2D eigenvalue weighted by atomic mass is 10.0. The van der Waals surface area contributed by atoms with Crippen LogP contribution < -0.4 is 16.5 Å². The average molecular weight is 349 g/mol. The number of rotatable bonds is 12. The van der Waals surface area contributed by atoms with Crippen LogP contribution in [0.5, 0.6) is 0 Å². The van der Waals surface area contributed by atoms with Gasteiger partial charge < -0.3 is 11.1 Å². The Morgan fingerprint density at radius 1 is 1.00 bits per heavy atom. The van der Waals surface area contributed by atoms with Crippen LogP contribution in [0.1, 0.15) is 63.9 Å². The number of hydrogen-bond acceptors (Lipinski definition) is 4. The summed E-state index contributed by atoms with van der Waals surface area (Å²) in [6.45, 7) is 1.54. The maximum absolute atomic E-state index is 11.6. The van der Waals surface area contributed by atoms with E-state index in [-0.39, 0.29) is 5.91 Å². The summed E-state index contributed by atoms with van der Waals surface area (Å²) >= 11 is 0. The fraction of sp³-hybridized carbons (Fsp3) is 0.579. The molecule has 1 unspecified atom stereocenters. The fourth-order valence-corrected chi connectivity index (χ4v) is 2.66. The number of nitrogens with one attached hydrogen (secondary N) is 2. The summed E-state index contributed by atoms with van der Waals surface area (Å²) in [6, 6.07) is 7.36. The Morgan fingerprint density at radius 3 is 2.16 bits per heavy atom. The number of nitrogens with two attached hydrogens (primary N) is 1. The van der Waals surface area contributed by atoms with Crippen molar-refractivity contribution in [2.45, 2.75) is 70.8 Å². The first-order valence-electron chi connectivity index (χ1n) is 9.10. The SMILES string of the molecule is CC(NC(=O)CCCCCCCCCc1ccc(N)cc1)C(=O)NO. The largest absolute Gasteiger partial charge is 0.399 e. The minimum Gasteiger partial charge on any atom is -0.399 e. The lowest BCUT2D eigenvalue weighted by Gasteiger charge is -2.11. The van der Waals surface area contributed by atoms with E-state index in [1.807, 2.05) is 12.1 Å². The normalized spacial score (nSPS) is 11.8. The first-order valence-corrected chi connectivity index (χ1v) is 9.10. The zero-order valence-corrected chi connectivity index (χ0v) is 15.1. The highest BCUT2D eigenvalue weighted by atomic mass is 16.5. The third-order valence-corrected chi connectivity index (χ3v) is 4.23. The van der Waals surface area contributed by atoms with Gasteiger partial charge >= 0.3 is 0 Å². The van der Waals surface area contributed by atoms with Crippen molar-refractivity contribution in [2.24, 2.45) is 0 Å². The number of hydrogen-bond donors (Lipinski definition) is 4. The van der Waals surface area contributed by atoms with Crippen LogP contribution in [0.4, 0.5) is 5.69 Å². The standard InChI is InChI=1S/C19H31N3O3/c1-15(19(24)22-25)21-18(23)10-8-6-4-2-3-5-7-9-16-11-13-17(20)14-12-16/h11-15,25H,2-10,20H2,1H3,(H,21,23)(H,22,24). The van der Waals surface area contributed by atoms with Gasteiger partial charge in [-0.2, -0.15) is 0 Å². The molecule has 0 fully saturated rings. The molecule has 0 radical (unpaired) electrons. The quantitative estimate of drug-likeness (QED) is 0.201. The van der Waals surface area contributed by atoms with Gasteiger partial charge in [-0.25, -0.2) is 5.48 Å². The highest BCUT2D eigenvalue weighted by Crippen LogP contribution is 2.12. The van der Waals surface area contributed by atoms with Crippen molar-refractivity contribution in [1.82, 2.24) is 10.8 Å². The van der Waals surface area contributed by atoms with Crippen molar-refractivity contribution in [2.75, 3.05) is 5.73 Å². The van der Waals surface area contributed by atoms with Crippen molar-refractivity contribution in [3.8, 4) is 0 Å². The molecule has 1 aromatic rings. The molecule has 140 valence electrons. The number of benzene rings is 1. The number of carbonyl (C=O) groups excluding carboxylic acids is 2. The van der Waals surface area contributed by atoms with Gasteiger partial charge in [0, 0.05) is 12.1 Å². The first kappa shape index (κ1) is 21.0. The Morgan fingerprint density at radius 2 is 1.56 bits per heavy atom. The molecule has 25 heavy (non-hydrogen) atoms. The van der Waals surface area contributed by atoms with Gasteiger partial charge in [-0.1, -0.05) is 44.2 Å². The van der Waals surface area contributed by atoms with E-state index in [4.69, 9.17) is 10.9 Å². The van der Waals surface area contributed by atoms with Crippen molar-refractivity contribution < 1.29 is 14.8 Å². The lowest BCUT2D eigenvalue weighted by Crippen LogP contribution is -2.43. The molecule has 6 heteroatoms. The van der Waals surface area contributed by atoms with Crippen LogP contribution >= 0.6 is 0 Å². The average Bonchev–Trinajstić information content (AvgIpc) is 2.61. The molecule has 0 saturated carbocycles. The molecule has 0 aromatic heterocycles. The van der Waals surface area contributed by atoms with E-state index < -0.39 is 11.9 Å². The summed E-state index contributed by atoms with van der Waals surface area (Å²) in [4.78, 5) is 22.7. The summed E-state index contributed by atoms with van der Waals surface area (Å²) in [7, 11) is 0. The minimum atomic E-state index is -0.710. The van der Waals surface area contributed by atoms with E-state index >= 15 is 0 Å². The summed E-state index contributed by atoms with van der Waals surface area (Å²) in [5.41, 5.74) is 9.34. The Hall–Kier alpha value is -2.08. The summed E-state index contributed by atoms with van der Waals surface area (Å²) in [5.74, 6) is -0.757. The van der Waals surface area contributed by atoms with Gasteiger partial charge in [0.1, 0.15) is 6.04 Å². The molecule has 0 saturated heterocycles. The molecule has 2 amide bonds. The van der Waals surface area contributed by atoms with E-state index in [1.165, 1.54) is 43.7 Å². The van der Waals surface area contributed by atoms with Gasteiger partial charge in [-0.15, -0.1) is 0 Å². The lowest BCUT2D eigenvalue weighted by molar-refractivity contribution is -0.134. The number of aryl methyl sites for hydroxylation is 1. The number of hydroxylamine groups is 1. The van der Waals surface area contributed by atoms with E-state index in [2.05, 4.69) is 17.4 Å². The van der Waals surface area contributed by atoms with E-state index in [0.717, 1.165) is 31.4 Å². The third kappa shape index (κ3) is 9.72. The Bertz CT molecular complexity index is 517. The predicted molar refractivity (Wildman–Crippen MR) is 99.0 cm³/mol. The maximum atomic E-state index is 11.6. The molecule has 0 bridgehead atoms. The van der Waals surface area contributed by atoms with Crippen LogP contribution in [0.25, 0.3) is 0 Å². The second-order valence-electron chi connectivity index (χ2n) is 6.48. The van der Waals surface area contributed by atoms with E-state index in [0.29, 0.717) is 6.42 Å². The molecular formula is C19H31N3O3. The smallest absolute Gasteiger partial charge is 0.265 e. The zero-order valence-electron chi connectivity index (χ0n) is 15.1. The molecule has 1 rings (SSSR count). The van der Waals surface area contributed by atoms with Crippen LogP contribution in [0, 0.1) is 0 Å². The van der Waals surface area contributed by atoms with Crippen molar-refractivity contribution in [3.05, 3.63) is 29.8 Å². The minimum absolute atomic E-state index is 0.153. The van der Waals surface area contributed by atoms with Gasteiger partial charge in [-0.05, 0) is 43.9 Å². The highest BCUT2D eigenvalue weighted by molar-refractivity contribution is 5.86. The molecule has 5 N–H and O–H groups in total. The van der Waals surface area contributed by atoms with Gasteiger partial charge in [0.15, 0.2) is 0 Å². The van der Waals surface area contributed by atoms with Gasteiger partial charge in [-0.3, -0.25) is 14.8 Å². The molecule has 1 aromatic carbocycles. The third-order valence-electron chi connectivity index (χ3n) is 4.23. The van der Waals surface area contributed by atoms with Crippen LogP contribution in [-0.4, -0.2) is 23.1 Å². The monoisotopic (exact) mass is 349 g/mol. The second kappa shape index (κ2) is 12.3. The maximum Gasteiger partial charge on any atom is 0.265 e. The molecule has 0 aliphatic heterocycles. The van der Waals surface area contributed by atoms with Crippen molar-refractivity contribution >= 4 is 17.5 Å². The molecule has 0 aliphatic rings. The van der Waals surface area contributed by atoms with Gasteiger partial charge in [0.05, 0.1) is 0 Å². The zero-order chi connectivity index (χ0) is 18.5. The molecule has 0 spiro atoms. The number of anilines is 1. The molecular weight excluding hydrogens is 318 g/mol. The van der Waals surface area contributed by atoms with Crippen LogP contribution in [0.15, 0.2) is 24.3 Å². The van der Waals surface area contributed by atoms with Crippen LogP contribution in [-0.2, 0) is 16.0 Å². The van der Waals surface area contributed by atoms with Crippen molar-refractivity contribution in [1.29, 1.82) is 0 Å². The van der Waals surface area contributed by atoms with Crippen LogP contribution in [0.2, 0.25) is 0 Å². The highest BCUT2D eigenvalue weighted by Gasteiger charge is 2.13.